The van der Waals surface area contributed by atoms with E-state index in [2.05, 4.69) is 54.8 Å². The fourth-order valence-corrected chi connectivity index (χ4v) is 3.69. The molecular formula is C21H35N3O. The van der Waals surface area contributed by atoms with Gasteiger partial charge in [0, 0.05) is 25.1 Å². The Morgan fingerprint density at radius 1 is 1.16 bits per heavy atom. The van der Waals surface area contributed by atoms with Crippen LogP contribution in [0.1, 0.15) is 57.9 Å². The number of aliphatic hydroxyl groups excluding tert-OH is 1. The maximum Gasteiger partial charge on any atom is 0.191 e. The van der Waals surface area contributed by atoms with Crippen LogP contribution in [-0.4, -0.2) is 37.3 Å². The van der Waals surface area contributed by atoms with Gasteiger partial charge in [-0.15, -0.1) is 0 Å². The van der Waals surface area contributed by atoms with E-state index in [9.17, 15) is 5.11 Å². The topological polar surface area (TPSA) is 56.6 Å². The van der Waals surface area contributed by atoms with Gasteiger partial charge < -0.3 is 15.7 Å². The molecule has 140 valence electrons. The molecule has 1 aromatic carbocycles. The number of benzene rings is 1. The highest BCUT2D eigenvalue weighted by Crippen LogP contribution is 2.43. The second-order valence-corrected chi connectivity index (χ2v) is 7.24. The van der Waals surface area contributed by atoms with Crippen LogP contribution in [0.3, 0.4) is 0 Å². The minimum atomic E-state index is 0.220. The molecular weight excluding hydrogens is 310 g/mol. The first-order chi connectivity index (χ1) is 12.2. The first-order valence-electron chi connectivity index (χ1n) is 9.92. The van der Waals surface area contributed by atoms with Crippen LogP contribution in [0, 0.1) is 5.92 Å². The third-order valence-corrected chi connectivity index (χ3v) is 5.37. The van der Waals surface area contributed by atoms with Crippen LogP contribution >= 0.6 is 0 Å². The number of nitrogens with zero attached hydrogens (tertiary/aromatic N) is 1. The summed E-state index contributed by atoms with van der Waals surface area (Å²) in [6.45, 7) is 7.14. The predicted octanol–water partition coefficient (Wildman–Crippen LogP) is 3.46. The molecule has 1 atom stereocenters. The third-order valence-electron chi connectivity index (χ3n) is 5.37. The minimum absolute atomic E-state index is 0.220. The zero-order valence-electron chi connectivity index (χ0n) is 15.9. The van der Waals surface area contributed by atoms with E-state index in [4.69, 9.17) is 4.99 Å². The molecule has 2 rings (SSSR count). The molecule has 0 spiro atoms. The zero-order valence-corrected chi connectivity index (χ0v) is 15.9. The molecule has 1 saturated carbocycles. The van der Waals surface area contributed by atoms with Crippen LogP contribution in [0.25, 0.3) is 0 Å². The second-order valence-electron chi connectivity index (χ2n) is 7.24. The molecule has 0 heterocycles. The highest BCUT2D eigenvalue weighted by molar-refractivity contribution is 5.79. The molecule has 1 aromatic rings. The van der Waals surface area contributed by atoms with Gasteiger partial charge in [-0.2, -0.15) is 0 Å². The van der Waals surface area contributed by atoms with Gasteiger partial charge in [0.25, 0.3) is 0 Å². The Kier molecular flexibility index (Phi) is 8.26. The summed E-state index contributed by atoms with van der Waals surface area (Å²) in [5, 5.41) is 16.1. The van der Waals surface area contributed by atoms with Crippen molar-refractivity contribution in [1.29, 1.82) is 0 Å². The number of aliphatic imine (C=N–C) groups is 1. The summed E-state index contributed by atoms with van der Waals surface area (Å²) in [6, 6.07) is 10.8. The van der Waals surface area contributed by atoms with Crippen LogP contribution in [0.15, 0.2) is 35.3 Å². The van der Waals surface area contributed by atoms with Crippen LogP contribution in [-0.2, 0) is 5.41 Å². The first kappa shape index (κ1) is 19.8. The van der Waals surface area contributed by atoms with E-state index >= 15 is 0 Å². The highest BCUT2D eigenvalue weighted by atomic mass is 16.3. The van der Waals surface area contributed by atoms with E-state index in [1.165, 1.54) is 24.8 Å². The van der Waals surface area contributed by atoms with Crippen molar-refractivity contribution in [2.45, 2.75) is 57.8 Å². The van der Waals surface area contributed by atoms with Crippen molar-refractivity contribution in [3.05, 3.63) is 35.9 Å². The molecule has 0 amide bonds. The Bertz CT molecular complexity index is 505. The molecule has 4 heteroatoms. The average molecular weight is 346 g/mol. The number of guanidine groups is 1. The summed E-state index contributed by atoms with van der Waals surface area (Å²) in [6.07, 6.45) is 6.89. The van der Waals surface area contributed by atoms with Gasteiger partial charge in [0.1, 0.15) is 0 Å². The molecule has 0 saturated heterocycles. The predicted molar refractivity (Wildman–Crippen MR) is 106 cm³/mol. The fraction of sp³-hybridized carbons (Fsp3) is 0.667. The lowest BCUT2D eigenvalue weighted by Crippen LogP contribution is -2.43. The standard InChI is InChI=1S/C21H35N3O/c1-3-9-18(12-15-25)16-23-20(22-4-2)24-17-21(13-8-14-21)19-10-6-5-7-11-19/h5-7,10-11,18,25H,3-4,8-9,12-17H2,1-2H3,(H2,22,23,24). The summed E-state index contributed by atoms with van der Waals surface area (Å²) >= 11 is 0. The molecule has 1 aliphatic carbocycles. The van der Waals surface area contributed by atoms with Crippen molar-refractivity contribution in [2.75, 3.05) is 26.2 Å². The van der Waals surface area contributed by atoms with Crippen molar-refractivity contribution in [2.24, 2.45) is 10.9 Å². The molecule has 0 aromatic heterocycles. The molecule has 0 radical (unpaired) electrons. The fourth-order valence-electron chi connectivity index (χ4n) is 3.69. The number of rotatable bonds is 10. The lowest BCUT2D eigenvalue weighted by Gasteiger charge is -2.41. The Hall–Kier alpha value is -1.55. The summed E-state index contributed by atoms with van der Waals surface area (Å²) in [7, 11) is 0. The largest absolute Gasteiger partial charge is 0.396 e. The number of aliphatic hydroxyl groups is 1. The maximum absolute atomic E-state index is 9.23. The molecule has 3 N–H and O–H groups in total. The third kappa shape index (κ3) is 5.74. The Balaban J connectivity index is 1.98. The molecule has 1 unspecified atom stereocenters. The van der Waals surface area contributed by atoms with Crippen molar-refractivity contribution < 1.29 is 5.11 Å². The van der Waals surface area contributed by atoms with E-state index in [1.54, 1.807) is 0 Å². The van der Waals surface area contributed by atoms with Gasteiger partial charge in [-0.05, 0) is 44.1 Å². The van der Waals surface area contributed by atoms with Gasteiger partial charge >= 0.3 is 0 Å². The molecule has 1 fully saturated rings. The quantitative estimate of drug-likeness (QED) is 0.450. The number of hydrogen-bond donors (Lipinski definition) is 3. The second kappa shape index (κ2) is 10.4. The SMILES string of the molecule is CCCC(CCO)CNC(=NCC1(c2ccccc2)CCC1)NCC. The Morgan fingerprint density at radius 2 is 1.92 bits per heavy atom. The van der Waals surface area contributed by atoms with Gasteiger partial charge in [-0.1, -0.05) is 50.1 Å². The van der Waals surface area contributed by atoms with Crippen LogP contribution < -0.4 is 10.6 Å². The number of nitrogens with one attached hydrogen (secondary N) is 2. The highest BCUT2D eigenvalue weighted by Gasteiger charge is 2.38. The van der Waals surface area contributed by atoms with E-state index in [0.29, 0.717) is 5.92 Å². The van der Waals surface area contributed by atoms with E-state index in [1.807, 2.05) is 0 Å². The molecule has 4 nitrogen and oxygen atoms in total. The van der Waals surface area contributed by atoms with Gasteiger partial charge in [-0.3, -0.25) is 4.99 Å². The summed E-state index contributed by atoms with van der Waals surface area (Å²) in [5.74, 6) is 1.41. The molecule has 0 aliphatic heterocycles. The van der Waals surface area contributed by atoms with Crippen molar-refractivity contribution in [3.63, 3.8) is 0 Å². The summed E-state index contributed by atoms with van der Waals surface area (Å²) < 4.78 is 0. The van der Waals surface area contributed by atoms with Crippen LogP contribution in [0.4, 0.5) is 0 Å². The lowest BCUT2D eigenvalue weighted by molar-refractivity contribution is 0.249. The van der Waals surface area contributed by atoms with E-state index < -0.39 is 0 Å². The van der Waals surface area contributed by atoms with E-state index in [-0.39, 0.29) is 12.0 Å². The Labute approximate surface area is 153 Å². The summed E-state index contributed by atoms with van der Waals surface area (Å²) in [4.78, 5) is 4.91. The van der Waals surface area contributed by atoms with Crippen molar-refractivity contribution in [1.82, 2.24) is 10.6 Å². The van der Waals surface area contributed by atoms with Gasteiger partial charge in [0.2, 0.25) is 0 Å². The maximum atomic E-state index is 9.23. The smallest absolute Gasteiger partial charge is 0.191 e. The van der Waals surface area contributed by atoms with Gasteiger partial charge in [-0.25, -0.2) is 0 Å². The van der Waals surface area contributed by atoms with E-state index in [0.717, 1.165) is 44.9 Å². The van der Waals surface area contributed by atoms with Gasteiger partial charge in [0.15, 0.2) is 5.96 Å². The summed E-state index contributed by atoms with van der Waals surface area (Å²) in [5.41, 5.74) is 1.64. The average Bonchev–Trinajstić information content (AvgIpc) is 2.59. The monoisotopic (exact) mass is 345 g/mol. The zero-order chi connectivity index (χ0) is 18.0. The van der Waals surface area contributed by atoms with Crippen LogP contribution in [0.2, 0.25) is 0 Å². The van der Waals surface area contributed by atoms with Crippen molar-refractivity contribution >= 4 is 5.96 Å². The first-order valence-corrected chi connectivity index (χ1v) is 9.92. The molecule has 25 heavy (non-hydrogen) atoms. The van der Waals surface area contributed by atoms with Crippen molar-refractivity contribution in [3.8, 4) is 0 Å². The number of hydrogen-bond acceptors (Lipinski definition) is 2. The molecule has 1 aliphatic rings. The lowest BCUT2D eigenvalue weighted by atomic mass is 9.64. The molecule has 0 bridgehead atoms. The van der Waals surface area contributed by atoms with Crippen LogP contribution in [0.5, 0.6) is 0 Å². The van der Waals surface area contributed by atoms with Gasteiger partial charge in [0.05, 0.1) is 6.54 Å². The normalized spacial score (nSPS) is 17.6. The minimum Gasteiger partial charge on any atom is -0.396 e. The Morgan fingerprint density at radius 3 is 2.48 bits per heavy atom.